The van der Waals surface area contributed by atoms with E-state index in [-0.39, 0.29) is 42.2 Å². The van der Waals surface area contributed by atoms with Gasteiger partial charge in [-0.2, -0.15) is 4.58 Å². The number of carbonyl (C=O) groups excluding carboxylic acids is 1. The number of unbranched alkanes of at least 4 members (excludes halogenated alkanes) is 2. The predicted octanol–water partition coefficient (Wildman–Crippen LogP) is 3.74. The third kappa shape index (κ3) is 15.9. The van der Waals surface area contributed by atoms with Crippen LogP contribution in [0, 0.1) is 0 Å². The lowest BCUT2D eigenvalue weighted by Gasteiger charge is -2.27. The summed E-state index contributed by atoms with van der Waals surface area (Å²) in [6, 6.07) is 17.4. The molecule has 0 radical (unpaired) electrons. The summed E-state index contributed by atoms with van der Waals surface area (Å²) < 4.78 is 34.8. The van der Waals surface area contributed by atoms with Crippen molar-refractivity contribution in [2.75, 3.05) is 104 Å². The van der Waals surface area contributed by atoms with Crippen LogP contribution in [0.1, 0.15) is 70.9 Å². The fourth-order valence-corrected chi connectivity index (χ4v) is 7.49. The van der Waals surface area contributed by atoms with Gasteiger partial charge >= 0.3 is 5.97 Å². The van der Waals surface area contributed by atoms with Crippen LogP contribution in [0.3, 0.4) is 0 Å². The monoisotopic (exact) mass is 853 g/mol. The number of rotatable bonds is 30. The second-order valence-corrected chi connectivity index (χ2v) is 15.7. The van der Waals surface area contributed by atoms with E-state index in [9.17, 15) is 9.59 Å². The maximum absolute atomic E-state index is 12.5. The van der Waals surface area contributed by atoms with Gasteiger partial charge in [0, 0.05) is 54.0 Å². The van der Waals surface area contributed by atoms with Crippen molar-refractivity contribution >= 4 is 29.0 Å². The minimum atomic E-state index is -0.876. The van der Waals surface area contributed by atoms with Crippen LogP contribution in [0.25, 0.3) is 0 Å². The number of nitrogens with one attached hydrogen (secondary N) is 1. The number of fused-ring (bicyclic) bond motifs is 2. The van der Waals surface area contributed by atoms with Crippen LogP contribution in [-0.4, -0.2) is 127 Å². The average molecular weight is 855 g/mol. The number of hydrogen-bond donors (Lipinski definition) is 2. The Bertz CT molecular complexity index is 1740. The fraction of sp³-hybridized carbons (Fsp3) is 0.553. The van der Waals surface area contributed by atoms with Gasteiger partial charge in [0.25, 0.3) is 0 Å². The van der Waals surface area contributed by atoms with Gasteiger partial charge in [-0.25, -0.2) is 0 Å². The molecule has 0 aliphatic carbocycles. The van der Waals surface area contributed by atoms with E-state index in [0.29, 0.717) is 85.6 Å². The number of carboxylic acids is 1. The summed E-state index contributed by atoms with van der Waals surface area (Å²) in [5, 5.41) is 11.5. The number of ether oxygens (including phenoxy) is 6. The van der Waals surface area contributed by atoms with Crippen molar-refractivity contribution < 1.29 is 60.1 Å². The molecule has 0 aromatic heterocycles. The lowest BCUT2D eigenvalue weighted by Crippen LogP contribution is -3.00. The molecule has 4 rings (SSSR count). The number of carbonyl (C=O) groups is 2. The first kappa shape index (κ1) is 50.5. The average Bonchev–Trinajstić information content (AvgIpc) is 3.55. The van der Waals surface area contributed by atoms with E-state index < -0.39 is 5.97 Å². The fourth-order valence-electron chi connectivity index (χ4n) is 7.49. The molecule has 0 saturated carbocycles. The van der Waals surface area contributed by atoms with Crippen LogP contribution in [0.2, 0.25) is 0 Å². The highest BCUT2D eigenvalue weighted by atomic mass is 35.5. The number of benzene rings is 2. The van der Waals surface area contributed by atoms with E-state index in [1.54, 1.807) is 0 Å². The zero-order valence-corrected chi connectivity index (χ0v) is 37.2. The largest absolute Gasteiger partial charge is 1.00 e. The molecule has 1 amide bonds. The number of aliphatic carboxylic acids is 1. The molecule has 332 valence electrons. The Balaban J connectivity index is 0.00000961. The molecule has 0 fully saturated rings. The SMILES string of the molecule is C[N+]1=C(\C=C/C=C/C=C2/N(CCCCCC(=O)NCCOCCOCCOCCOCCOCCOCCC(=O)O)c3ccccc3C2(C)C)C(C)(C)c2ccccc21.[Cl-]. The molecule has 60 heavy (non-hydrogen) atoms. The first-order valence-electron chi connectivity index (χ1n) is 21.1. The van der Waals surface area contributed by atoms with Crippen LogP contribution in [0.4, 0.5) is 11.4 Å². The molecule has 2 aromatic rings. The topological polar surface area (TPSA) is 128 Å². The molecule has 13 heteroatoms. The van der Waals surface area contributed by atoms with Crippen molar-refractivity contribution in [1.29, 1.82) is 0 Å². The number of halogens is 1. The number of amides is 1. The van der Waals surface area contributed by atoms with Gasteiger partial charge in [-0.15, -0.1) is 0 Å². The van der Waals surface area contributed by atoms with E-state index in [2.05, 4.69) is 128 Å². The number of hydrogen-bond acceptors (Lipinski definition) is 9. The summed E-state index contributed by atoms with van der Waals surface area (Å²) in [5.74, 6) is -0.822. The summed E-state index contributed by atoms with van der Waals surface area (Å²) in [4.78, 5) is 25.3. The summed E-state index contributed by atoms with van der Waals surface area (Å²) in [6.45, 7) is 15.6. The van der Waals surface area contributed by atoms with Gasteiger partial charge in [0.1, 0.15) is 7.05 Å². The minimum Gasteiger partial charge on any atom is -1.00 e. The highest BCUT2D eigenvalue weighted by molar-refractivity contribution is 6.03. The van der Waals surface area contributed by atoms with Crippen LogP contribution in [-0.2, 0) is 48.8 Å². The molecule has 2 heterocycles. The second-order valence-electron chi connectivity index (χ2n) is 15.7. The first-order valence-corrected chi connectivity index (χ1v) is 21.1. The van der Waals surface area contributed by atoms with Crippen molar-refractivity contribution in [3.8, 4) is 0 Å². The Morgan fingerprint density at radius 2 is 1.22 bits per heavy atom. The Labute approximate surface area is 364 Å². The normalized spacial score (nSPS) is 15.9. The lowest BCUT2D eigenvalue weighted by atomic mass is 9.81. The Hall–Kier alpha value is -3.88. The van der Waals surface area contributed by atoms with Gasteiger partial charge < -0.3 is 56.2 Å². The number of carboxylic acid groups (broad SMARTS) is 1. The highest BCUT2D eigenvalue weighted by Crippen LogP contribution is 2.47. The molecule has 0 saturated heterocycles. The summed E-state index contributed by atoms with van der Waals surface area (Å²) in [5.41, 5.74) is 7.64. The van der Waals surface area contributed by atoms with Crippen molar-refractivity contribution in [2.24, 2.45) is 0 Å². The molecule has 2 N–H and O–H groups in total. The van der Waals surface area contributed by atoms with Gasteiger partial charge in [0.2, 0.25) is 11.6 Å². The number of anilines is 1. The molecular weight excluding hydrogens is 786 g/mol. The molecule has 0 unspecified atom stereocenters. The van der Waals surface area contributed by atoms with Crippen LogP contribution < -0.4 is 22.6 Å². The maximum atomic E-state index is 12.5. The van der Waals surface area contributed by atoms with Crippen molar-refractivity contribution in [1.82, 2.24) is 5.32 Å². The van der Waals surface area contributed by atoms with Gasteiger partial charge in [-0.05, 0) is 44.4 Å². The predicted molar refractivity (Wildman–Crippen MR) is 232 cm³/mol. The lowest BCUT2D eigenvalue weighted by molar-refractivity contribution is -0.401. The molecular formula is C47H68ClN3O9. The van der Waals surface area contributed by atoms with E-state index in [4.69, 9.17) is 33.5 Å². The molecule has 0 bridgehead atoms. The van der Waals surface area contributed by atoms with E-state index >= 15 is 0 Å². The van der Waals surface area contributed by atoms with Gasteiger partial charge in [-0.1, -0.05) is 74.9 Å². The molecule has 2 aromatic carbocycles. The second kappa shape index (κ2) is 27.1. The van der Waals surface area contributed by atoms with Gasteiger partial charge in [0.05, 0.1) is 91.1 Å². The number of para-hydroxylation sites is 2. The van der Waals surface area contributed by atoms with Crippen LogP contribution in [0.15, 0.2) is 84.6 Å². The molecule has 0 spiro atoms. The third-order valence-corrected chi connectivity index (χ3v) is 10.6. The molecule has 2 aliphatic heterocycles. The highest BCUT2D eigenvalue weighted by Gasteiger charge is 2.42. The Kier molecular flexibility index (Phi) is 22.8. The molecule has 2 aliphatic rings. The standard InChI is InChI=1S/C47H67N3O9.ClH/c1-46(2)38-16-11-13-18-40(38)49(5)42(46)20-8-6-9-21-43-47(3,4)39-17-12-14-19-41(39)50(43)25-15-7-10-22-44(51)48-24-27-55-29-31-57-33-35-59-37-36-58-34-32-56-30-28-54-26-23-45(52)53;/h6,8-9,11-14,16-21H,7,10,15,22-37H2,1-5H3,(H-,48,51,52,53);1H. The Morgan fingerprint density at radius 3 is 1.82 bits per heavy atom. The van der Waals surface area contributed by atoms with Gasteiger partial charge in [0.15, 0.2) is 5.71 Å². The van der Waals surface area contributed by atoms with Crippen LogP contribution in [0.5, 0.6) is 0 Å². The van der Waals surface area contributed by atoms with Crippen molar-refractivity contribution in [3.63, 3.8) is 0 Å². The van der Waals surface area contributed by atoms with Crippen molar-refractivity contribution in [2.45, 2.75) is 70.6 Å². The minimum absolute atomic E-state index is 0. The van der Waals surface area contributed by atoms with Crippen LogP contribution >= 0.6 is 0 Å². The zero-order valence-electron chi connectivity index (χ0n) is 36.4. The summed E-state index contributed by atoms with van der Waals surface area (Å²) >= 11 is 0. The Morgan fingerprint density at radius 1 is 0.667 bits per heavy atom. The quantitative estimate of drug-likeness (QED) is 0.0683. The maximum Gasteiger partial charge on any atom is 0.305 e. The molecule has 0 atom stereocenters. The summed E-state index contributed by atoms with van der Waals surface area (Å²) in [6.07, 6.45) is 14.3. The first-order chi connectivity index (χ1) is 28.5. The number of nitrogens with zero attached hydrogens (tertiary/aromatic N) is 2. The van der Waals surface area contributed by atoms with E-state index in [1.165, 1.54) is 33.9 Å². The van der Waals surface area contributed by atoms with Crippen molar-refractivity contribution in [3.05, 3.63) is 95.7 Å². The number of allylic oxidation sites excluding steroid dienone is 6. The van der Waals surface area contributed by atoms with Gasteiger partial charge in [-0.3, -0.25) is 9.59 Å². The van der Waals surface area contributed by atoms with E-state index in [0.717, 1.165) is 25.8 Å². The molecule has 12 nitrogen and oxygen atoms in total. The zero-order chi connectivity index (χ0) is 42.4. The summed E-state index contributed by atoms with van der Waals surface area (Å²) in [7, 11) is 2.15. The van der Waals surface area contributed by atoms with E-state index in [1.807, 2.05) is 0 Å². The smallest absolute Gasteiger partial charge is 0.305 e. The third-order valence-electron chi connectivity index (χ3n) is 10.6.